The van der Waals surface area contributed by atoms with Gasteiger partial charge in [0.25, 0.3) is 5.91 Å². The Morgan fingerprint density at radius 3 is 2.77 bits per heavy atom. The lowest BCUT2D eigenvalue weighted by molar-refractivity contribution is 0.103. The molecule has 0 aliphatic carbocycles. The number of benzene rings is 2. The van der Waals surface area contributed by atoms with Gasteiger partial charge in [-0.25, -0.2) is 9.97 Å². The Morgan fingerprint density at radius 2 is 2.00 bits per heavy atom. The van der Waals surface area contributed by atoms with E-state index in [1.54, 1.807) is 12.4 Å². The SMILES string of the molecule is CNc1ncnc2c(CNc3cc(NC(=O)c4ccc(Br)s4)ccc3C)cccc12. The quantitative estimate of drug-likeness (QED) is 0.330. The van der Waals surface area contributed by atoms with Gasteiger partial charge in [-0.15, -0.1) is 11.3 Å². The highest BCUT2D eigenvalue weighted by Gasteiger charge is 2.11. The third-order valence-corrected chi connectivity index (χ3v) is 6.37. The first-order valence-corrected chi connectivity index (χ1v) is 11.0. The van der Waals surface area contributed by atoms with Crippen LogP contribution in [0, 0.1) is 6.92 Å². The number of hydrogen-bond donors (Lipinski definition) is 3. The molecule has 6 nitrogen and oxygen atoms in total. The molecule has 4 rings (SSSR count). The van der Waals surface area contributed by atoms with E-state index >= 15 is 0 Å². The molecule has 30 heavy (non-hydrogen) atoms. The Balaban J connectivity index is 1.53. The normalized spacial score (nSPS) is 10.8. The highest BCUT2D eigenvalue weighted by Crippen LogP contribution is 2.26. The third-order valence-electron chi connectivity index (χ3n) is 4.75. The maximum absolute atomic E-state index is 12.4. The molecule has 0 fully saturated rings. The number of rotatable bonds is 6. The summed E-state index contributed by atoms with van der Waals surface area (Å²) in [7, 11) is 1.85. The van der Waals surface area contributed by atoms with Gasteiger partial charge in [-0.2, -0.15) is 0 Å². The standard InChI is InChI=1S/C22H20BrN5OS/c1-13-6-7-15(28-22(29)18-8-9-19(23)30-18)10-17(13)25-11-14-4-3-5-16-20(14)26-12-27-21(16)24-2/h3-10,12,25H,11H2,1-2H3,(H,28,29)(H,24,26,27). The summed E-state index contributed by atoms with van der Waals surface area (Å²) in [6.45, 7) is 2.64. The van der Waals surface area contributed by atoms with Gasteiger partial charge in [0.1, 0.15) is 12.1 Å². The van der Waals surface area contributed by atoms with Crippen molar-refractivity contribution in [2.75, 3.05) is 23.0 Å². The fourth-order valence-corrected chi connectivity index (χ4v) is 4.48. The van der Waals surface area contributed by atoms with Crippen LogP contribution in [0.25, 0.3) is 10.9 Å². The van der Waals surface area contributed by atoms with Crippen molar-refractivity contribution in [3.8, 4) is 0 Å². The third kappa shape index (κ3) is 4.29. The molecule has 0 bridgehead atoms. The molecule has 2 heterocycles. The molecule has 0 radical (unpaired) electrons. The van der Waals surface area contributed by atoms with Gasteiger partial charge in [0.2, 0.25) is 0 Å². The van der Waals surface area contributed by atoms with Gasteiger partial charge < -0.3 is 16.0 Å². The van der Waals surface area contributed by atoms with Crippen LogP contribution < -0.4 is 16.0 Å². The van der Waals surface area contributed by atoms with Crippen molar-refractivity contribution < 1.29 is 4.79 Å². The van der Waals surface area contributed by atoms with Crippen LogP contribution in [0.4, 0.5) is 17.2 Å². The largest absolute Gasteiger partial charge is 0.381 e. The van der Waals surface area contributed by atoms with Gasteiger partial charge in [0.15, 0.2) is 0 Å². The molecule has 0 atom stereocenters. The average Bonchev–Trinajstić information content (AvgIpc) is 3.20. The summed E-state index contributed by atoms with van der Waals surface area (Å²) in [5, 5.41) is 10.5. The van der Waals surface area contributed by atoms with Gasteiger partial charge in [0, 0.05) is 30.4 Å². The van der Waals surface area contributed by atoms with E-state index in [1.165, 1.54) is 11.3 Å². The van der Waals surface area contributed by atoms with E-state index < -0.39 is 0 Å². The summed E-state index contributed by atoms with van der Waals surface area (Å²) < 4.78 is 0.930. The summed E-state index contributed by atoms with van der Waals surface area (Å²) in [5.74, 6) is 0.689. The second kappa shape index (κ2) is 8.81. The zero-order chi connectivity index (χ0) is 21.1. The first kappa shape index (κ1) is 20.3. The van der Waals surface area contributed by atoms with Gasteiger partial charge in [-0.05, 0) is 64.3 Å². The van der Waals surface area contributed by atoms with Crippen molar-refractivity contribution in [1.29, 1.82) is 0 Å². The number of anilines is 3. The highest BCUT2D eigenvalue weighted by molar-refractivity contribution is 9.11. The summed E-state index contributed by atoms with van der Waals surface area (Å²) in [6.07, 6.45) is 1.57. The van der Waals surface area contributed by atoms with E-state index in [0.29, 0.717) is 11.4 Å². The maximum atomic E-state index is 12.4. The molecule has 1 amide bonds. The van der Waals surface area contributed by atoms with Crippen LogP contribution in [0.1, 0.15) is 20.8 Å². The molecule has 0 aliphatic heterocycles. The van der Waals surface area contributed by atoms with E-state index in [4.69, 9.17) is 0 Å². The van der Waals surface area contributed by atoms with Crippen LogP contribution in [-0.2, 0) is 6.54 Å². The van der Waals surface area contributed by atoms with Crippen LogP contribution in [0.3, 0.4) is 0 Å². The van der Waals surface area contributed by atoms with Crippen molar-refractivity contribution in [2.45, 2.75) is 13.5 Å². The smallest absolute Gasteiger partial charge is 0.265 e. The number of para-hydroxylation sites is 1. The Morgan fingerprint density at radius 1 is 1.13 bits per heavy atom. The Hall–Kier alpha value is -2.97. The average molecular weight is 482 g/mol. The van der Waals surface area contributed by atoms with E-state index in [0.717, 1.165) is 43.0 Å². The van der Waals surface area contributed by atoms with E-state index in [1.807, 2.05) is 50.4 Å². The van der Waals surface area contributed by atoms with Crippen molar-refractivity contribution in [3.05, 3.63) is 74.6 Å². The van der Waals surface area contributed by atoms with Gasteiger partial charge >= 0.3 is 0 Å². The van der Waals surface area contributed by atoms with Crippen molar-refractivity contribution >= 4 is 61.3 Å². The van der Waals surface area contributed by atoms with Crippen molar-refractivity contribution in [1.82, 2.24) is 9.97 Å². The van der Waals surface area contributed by atoms with Crippen LogP contribution in [0.2, 0.25) is 0 Å². The Kier molecular flexibility index (Phi) is 5.96. The lowest BCUT2D eigenvalue weighted by Gasteiger charge is -2.14. The molecule has 4 aromatic rings. The maximum Gasteiger partial charge on any atom is 0.265 e. The first-order chi connectivity index (χ1) is 14.5. The second-order valence-corrected chi connectivity index (χ2v) is 9.19. The monoisotopic (exact) mass is 481 g/mol. The number of nitrogens with zero attached hydrogens (tertiary/aromatic N) is 2. The molecule has 0 unspecified atom stereocenters. The van der Waals surface area contributed by atoms with Gasteiger partial charge in [-0.1, -0.05) is 18.2 Å². The van der Waals surface area contributed by atoms with Crippen LogP contribution in [0.5, 0.6) is 0 Å². The Bertz CT molecular complexity index is 1220. The van der Waals surface area contributed by atoms with Gasteiger partial charge in [-0.3, -0.25) is 4.79 Å². The lowest BCUT2D eigenvalue weighted by atomic mass is 10.1. The number of fused-ring (bicyclic) bond motifs is 1. The van der Waals surface area contributed by atoms with E-state index in [2.05, 4.69) is 47.9 Å². The molecule has 2 aromatic heterocycles. The fraction of sp³-hybridized carbons (Fsp3) is 0.136. The minimum absolute atomic E-state index is 0.120. The van der Waals surface area contributed by atoms with Crippen molar-refractivity contribution in [2.24, 2.45) is 0 Å². The van der Waals surface area contributed by atoms with Crippen LogP contribution >= 0.6 is 27.3 Å². The fourth-order valence-electron chi connectivity index (χ4n) is 3.20. The molecule has 152 valence electrons. The number of nitrogens with one attached hydrogen (secondary N) is 3. The molecule has 0 spiro atoms. The Labute approximate surface area is 186 Å². The molecule has 8 heteroatoms. The van der Waals surface area contributed by atoms with Crippen molar-refractivity contribution in [3.63, 3.8) is 0 Å². The topological polar surface area (TPSA) is 78.9 Å². The molecule has 3 N–H and O–H groups in total. The predicted molar refractivity (Wildman–Crippen MR) is 128 cm³/mol. The number of aromatic nitrogens is 2. The molecule has 0 saturated carbocycles. The first-order valence-electron chi connectivity index (χ1n) is 9.36. The number of aryl methyl sites for hydroxylation is 1. The molecule has 0 aliphatic rings. The molecular formula is C22H20BrN5OS. The minimum Gasteiger partial charge on any atom is -0.381 e. The number of amides is 1. The zero-order valence-corrected chi connectivity index (χ0v) is 18.9. The minimum atomic E-state index is -0.120. The van der Waals surface area contributed by atoms with Crippen LogP contribution in [0.15, 0.2) is 58.6 Å². The van der Waals surface area contributed by atoms with E-state index in [-0.39, 0.29) is 5.91 Å². The van der Waals surface area contributed by atoms with E-state index in [9.17, 15) is 4.79 Å². The summed E-state index contributed by atoms with van der Waals surface area (Å²) >= 11 is 4.80. The van der Waals surface area contributed by atoms with Gasteiger partial charge in [0.05, 0.1) is 14.2 Å². The zero-order valence-electron chi connectivity index (χ0n) is 16.5. The van der Waals surface area contributed by atoms with Crippen LogP contribution in [-0.4, -0.2) is 22.9 Å². The summed E-state index contributed by atoms with van der Waals surface area (Å²) in [5.41, 5.74) is 4.78. The number of carbonyl (C=O) groups is 1. The number of hydrogen-bond acceptors (Lipinski definition) is 6. The number of halogens is 1. The predicted octanol–water partition coefficient (Wildman–Crippen LogP) is 5.67. The number of carbonyl (C=O) groups excluding carboxylic acids is 1. The number of thiophene rings is 1. The molecular weight excluding hydrogens is 462 g/mol. The summed E-state index contributed by atoms with van der Waals surface area (Å²) in [4.78, 5) is 21.9. The highest BCUT2D eigenvalue weighted by atomic mass is 79.9. The molecule has 0 saturated heterocycles. The molecule has 2 aromatic carbocycles. The summed E-state index contributed by atoms with van der Waals surface area (Å²) in [6, 6.07) is 15.6. The second-order valence-electron chi connectivity index (χ2n) is 6.73. The lowest BCUT2D eigenvalue weighted by Crippen LogP contribution is -2.11.